The van der Waals surface area contributed by atoms with Crippen molar-refractivity contribution in [1.29, 1.82) is 0 Å². The second kappa shape index (κ2) is 8.58. The Kier molecular flexibility index (Phi) is 5.86. The number of nitrogens with two attached hydrogens (primary N) is 1. The van der Waals surface area contributed by atoms with E-state index in [1.807, 2.05) is 13.1 Å². The summed E-state index contributed by atoms with van der Waals surface area (Å²) >= 11 is 0. The summed E-state index contributed by atoms with van der Waals surface area (Å²) < 4.78 is 27.5. The topological polar surface area (TPSA) is 122 Å². The SMILES string of the molecule is CN1CCCN(S(=O)(=O)c2ccc(NC(=O)c3cnc4cccnc4c3)c(N)c2)CC1. The van der Waals surface area contributed by atoms with Gasteiger partial charge in [-0.3, -0.25) is 14.8 Å². The molecule has 2 aromatic heterocycles. The van der Waals surface area contributed by atoms with Crippen LogP contribution in [0.2, 0.25) is 0 Å². The Hall–Kier alpha value is -3.08. The smallest absolute Gasteiger partial charge is 0.257 e. The van der Waals surface area contributed by atoms with Crippen LogP contribution in [0.15, 0.2) is 53.7 Å². The monoisotopic (exact) mass is 440 g/mol. The molecule has 162 valence electrons. The van der Waals surface area contributed by atoms with Crippen molar-refractivity contribution in [3.63, 3.8) is 0 Å². The third-order valence-corrected chi connectivity index (χ3v) is 7.20. The first-order valence-electron chi connectivity index (χ1n) is 9.95. The third-order valence-electron chi connectivity index (χ3n) is 5.30. The maximum Gasteiger partial charge on any atom is 0.257 e. The number of amides is 1. The van der Waals surface area contributed by atoms with E-state index in [0.29, 0.717) is 41.9 Å². The van der Waals surface area contributed by atoms with Gasteiger partial charge >= 0.3 is 0 Å². The van der Waals surface area contributed by atoms with E-state index in [9.17, 15) is 13.2 Å². The molecule has 1 aliphatic rings. The molecule has 31 heavy (non-hydrogen) atoms. The van der Waals surface area contributed by atoms with Crippen LogP contribution in [0.5, 0.6) is 0 Å². The highest BCUT2D eigenvalue weighted by atomic mass is 32.2. The minimum Gasteiger partial charge on any atom is -0.397 e. The maximum absolute atomic E-state index is 13.0. The van der Waals surface area contributed by atoms with Gasteiger partial charge in [0.25, 0.3) is 5.91 Å². The van der Waals surface area contributed by atoms with Crippen molar-refractivity contribution < 1.29 is 13.2 Å². The molecule has 0 bridgehead atoms. The van der Waals surface area contributed by atoms with Crippen molar-refractivity contribution >= 4 is 38.3 Å². The maximum atomic E-state index is 13.0. The lowest BCUT2D eigenvalue weighted by atomic mass is 10.2. The first-order valence-corrected chi connectivity index (χ1v) is 11.4. The quantitative estimate of drug-likeness (QED) is 0.593. The summed E-state index contributed by atoms with van der Waals surface area (Å²) in [5.74, 6) is -0.405. The number of hydrogen-bond donors (Lipinski definition) is 2. The number of nitrogens with zero attached hydrogens (tertiary/aromatic N) is 4. The molecule has 3 aromatic rings. The number of rotatable bonds is 4. The zero-order valence-electron chi connectivity index (χ0n) is 17.2. The minimum atomic E-state index is -3.66. The van der Waals surface area contributed by atoms with Gasteiger partial charge in [0, 0.05) is 32.0 Å². The van der Waals surface area contributed by atoms with E-state index in [2.05, 4.69) is 20.2 Å². The molecule has 0 spiro atoms. The number of carbonyl (C=O) groups is 1. The van der Waals surface area contributed by atoms with Gasteiger partial charge < -0.3 is 16.0 Å². The average Bonchev–Trinajstić information content (AvgIpc) is 2.99. The molecule has 10 heteroatoms. The van der Waals surface area contributed by atoms with Crippen LogP contribution in [0.25, 0.3) is 11.0 Å². The molecule has 0 unspecified atom stereocenters. The molecular weight excluding hydrogens is 416 g/mol. The van der Waals surface area contributed by atoms with E-state index in [4.69, 9.17) is 5.73 Å². The molecule has 0 aliphatic carbocycles. The zero-order valence-corrected chi connectivity index (χ0v) is 18.0. The Morgan fingerprint density at radius 3 is 2.71 bits per heavy atom. The van der Waals surface area contributed by atoms with Crippen LogP contribution >= 0.6 is 0 Å². The Bertz CT molecular complexity index is 1230. The van der Waals surface area contributed by atoms with E-state index in [1.165, 1.54) is 28.7 Å². The summed E-state index contributed by atoms with van der Waals surface area (Å²) in [5, 5.41) is 2.72. The molecule has 3 N–H and O–H groups in total. The number of carbonyl (C=O) groups excluding carboxylic acids is 1. The first kappa shape index (κ1) is 21.2. The van der Waals surface area contributed by atoms with E-state index in [0.717, 1.165) is 13.0 Å². The van der Waals surface area contributed by atoms with Gasteiger partial charge in [0.1, 0.15) is 0 Å². The molecule has 0 atom stereocenters. The van der Waals surface area contributed by atoms with Crippen LogP contribution in [-0.2, 0) is 10.0 Å². The van der Waals surface area contributed by atoms with Gasteiger partial charge in [0.15, 0.2) is 0 Å². The third kappa shape index (κ3) is 4.50. The predicted molar refractivity (Wildman–Crippen MR) is 119 cm³/mol. The van der Waals surface area contributed by atoms with E-state index < -0.39 is 15.9 Å². The second-order valence-corrected chi connectivity index (χ2v) is 9.47. The van der Waals surface area contributed by atoms with Crippen molar-refractivity contribution in [3.05, 3.63) is 54.4 Å². The fourth-order valence-corrected chi connectivity index (χ4v) is 5.00. The van der Waals surface area contributed by atoms with Crippen molar-refractivity contribution in [3.8, 4) is 0 Å². The lowest BCUT2D eigenvalue weighted by Crippen LogP contribution is -2.34. The van der Waals surface area contributed by atoms with Gasteiger partial charge in [-0.25, -0.2) is 8.42 Å². The largest absolute Gasteiger partial charge is 0.397 e. The number of nitrogens with one attached hydrogen (secondary N) is 1. The summed E-state index contributed by atoms with van der Waals surface area (Å²) in [5.41, 5.74) is 8.21. The Balaban J connectivity index is 1.53. The van der Waals surface area contributed by atoms with Crippen LogP contribution in [0, 0.1) is 0 Å². The molecule has 4 rings (SSSR count). The molecule has 0 radical (unpaired) electrons. The van der Waals surface area contributed by atoms with Gasteiger partial charge in [0.05, 0.1) is 32.9 Å². The van der Waals surface area contributed by atoms with E-state index in [-0.39, 0.29) is 10.6 Å². The van der Waals surface area contributed by atoms with Crippen molar-refractivity contribution in [2.45, 2.75) is 11.3 Å². The van der Waals surface area contributed by atoms with Crippen LogP contribution in [0.1, 0.15) is 16.8 Å². The van der Waals surface area contributed by atoms with Crippen LogP contribution < -0.4 is 11.1 Å². The van der Waals surface area contributed by atoms with Gasteiger partial charge in [-0.15, -0.1) is 0 Å². The Morgan fingerprint density at radius 2 is 1.90 bits per heavy atom. The number of hydrogen-bond acceptors (Lipinski definition) is 7. The first-order chi connectivity index (χ1) is 14.8. The number of benzene rings is 1. The lowest BCUT2D eigenvalue weighted by molar-refractivity contribution is 0.102. The predicted octanol–water partition coefficient (Wildman–Crippen LogP) is 1.79. The normalized spacial score (nSPS) is 16.2. The summed E-state index contributed by atoms with van der Waals surface area (Å²) in [4.78, 5) is 23.3. The highest BCUT2D eigenvalue weighted by Crippen LogP contribution is 2.26. The number of likely N-dealkylation sites (N-methyl/N-ethyl adjacent to an activating group) is 1. The standard InChI is InChI=1S/C21H24N6O3S/c1-26-8-3-9-27(11-10-26)31(29,30)16-5-6-18(17(22)13-16)25-21(28)15-12-20-19(24-14-15)4-2-7-23-20/h2,4-7,12-14H,3,8-11,22H2,1H3,(H,25,28). The summed E-state index contributed by atoms with van der Waals surface area (Å²) in [7, 11) is -1.68. The van der Waals surface area contributed by atoms with Gasteiger partial charge in [0.2, 0.25) is 10.0 Å². The Morgan fingerprint density at radius 1 is 1.06 bits per heavy atom. The number of fused-ring (bicyclic) bond motifs is 1. The summed E-state index contributed by atoms with van der Waals surface area (Å²) in [6.45, 7) is 2.43. The minimum absolute atomic E-state index is 0.115. The van der Waals surface area contributed by atoms with Crippen molar-refractivity contribution in [2.24, 2.45) is 0 Å². The molecule has 1 amide bonds. The summed E-state index contributed by atoms with van der Waals surface area (Å²) in [6.07, 6.45) is 3.86. The second-order valence-electron chi connectivity index (χ2n) is 7.53. The number of anilines is 2. The van der Waals surface area contributed by atoms with Gasteiger partial charge in [-0.05, 0) is 56.4 Å². The fraction of sp³-hybridized carbons (Fsp3) is 0.286. The molecule has 9 nitrogen and oxygen atoms in total. The van der Waals surface area contributed by atoms with E-state index >= 15 is 0 Å². The lowest BCUT2D eigenvalue weighted by Gasteiger charge is -2.21. The van der Waals surface area contributed by atoms with Crippen LogP contribution in [-0.4, -0.2) is 66.7 Å². The number of pyridine rings is 2. The Labute approximate surface area is 180 Å². The summed E-state index contributed by atoms with van der Waals surface area (Å²) in [6, 6.07) is 9.59. The average molecular weight is 441 g/mol. The number of sulfonamides is 1. The molecule has 1 saturated heterocycles. The zero-order chi connectivity index (χ0) is 22.0. The van der Waals surface area contributed by atoms with E-state index in [1.54, 1.807) is 18.3 Å². The molecule has 1 aromatic carbocycles. The van der Waals surface area contributed by atoms with Crippen LogP contribution in [0.4, 0.5) is 11.4 Å². The number of aromatic nitrogens is 2. The van der Waals surface area contributed by atoms with Crippen molar-refractivity contribution in [1.82, 2.24) is 19.2 Å². The highest BCUT2D eigenvalue weighted by Gasteiger charge is 2.26. The molecule has 0 saturated carbocycles. The number of nitrogen functional groups attached to an aromatic ring is 1. The van der Waals surface area contributed by atoms with Gasteiger partial charge in [-0.2, -0.15) is 4.31 Å². The molecular formula is C21H24N6O3S. The van der Waals surface area contributed by atoms with Crippen LogP contribution in [0.3, 0.4) is 0 Å². The van der Waals surface area contributed by atoms with Crippen molar-refractivity contribution in [2.75, 3.05) is 44.3 Å². The molecule has 1 fully saturated rings. The van der Waals surface area contributed by atoms with Gasteiger partial charge in [-0.1, -0.05) is 0 Å². The molecule has 3 heterocycles. The highest BCUT2D eigenvalue weighted by molar-refractivity contribution is 7.89. The molecule has 1 aliphatic heterocycles. The fourth-order valence-electron chi connectivity index (χ4n) is 3.50.